The number of carbonyl (C=O) groups excluding carboxylic acids is 1. The maximum Gasteiger partial charge on any atom is 0.374 e. The van der Waals surface area contributed by atoms with E-state index < -0.39 is 10.9 Å². The zero-order valence-electron chi connectivity index (χ0n) is 10.6. The molecule has 0 spiro atoms. The molecule has 7 nitrogen and oxygen atoms in total. The maximum atomic E-state index is 11.5. The van der Waals surface area contributed by atoms with Crippen molar-refractivity contribution in [1.29, 1.82) is 0 Å². The molecule has 0 aliphatic heterocycles. The van der Waals surface area contributed by atoms with Crippen LogP contribution in [0.5, 0.6) is 5.75 Å². The third-order valence-corrected chi connectivity index (χ3v) is 2.80. The van der Waals surface area contributed by atoms with Crippen LogP contribution in [-0.2, 0) is 4.74 Å². The van der Waals surface area contributed by atoms with Crippen molar-refractivity contribution in [3.8, 4) is 5.75 Å². The molecule has 0 fully saturated rings. The van der Waals surface area contributed by atoms with Crippen molar-refractivity contribution in [2.75, 3.05) is 14.2 Å². The van der Waals surface area contributed by atoms with Crippen LogP contribution in [-0.4, -0.2) is 25.1 Å². The number of methoxy groups -OCH3 is 2. The van der Waals surface area contributed by atoms with E-state index in [1.165, 1.54) is 26.4 Å². The highest BCUT2D eigenvalue weighted by atomic mass is 16.6. The summed E-state index contributed by atoms with van der Waals surface area (Å²) < 4.78 is 14.8. The summed E-state index contributed by atoms with van der Waals surface area (Å²) in [7, 11) is 2.55. The highest BCUT2D eigenvalue weighted by molar-refractivity contribution is 6.00. The SMILES string of the molecule is COC(=O)c1oc2ccc(OC)c([N+](=O)[O-])c2c1C. The van der Waals surface area contributed by atoms with E-state index in [0.717, 1.165) is 0 Å². The number of benzene rings is 1. The van der Waals surface area contributed by atoms with E-state index in [9.17, 15) is 14.9 Å². The number of aryl methyl sites for hydroxylation is 1. The second-order valence-electron chi connectivity index (χ2n) is 3.79. The van der Waals surface area contributed by atoms with Gasteiger partial charge in [-0.2, -0.15) is 0 Å². The van der Waals surface area contributed by atoms with Crippen molar-refractivity contribution < 1.29 is 23.6 Å². The summed E-state index contributed by atoms with van der Waals surface area (Å²) in [5.41, 5.74) is 0.370. The van der Waals surface area contributed by atoms with E-state index in [1.54, 1.807) is 6.92 Å². The topological polar surface area (TPSA) is 91.8 Å². The van der Waals surface area contributed by atoms with Gasteiger partial charge in [-0.1, -0.05) is 0 Å². The highest BCUT2D eigenvalue weighted by Gasteiger charge is 2.28. The minimum atomic E-state index is -0.679. The fourth-order valence-corrected chi connectivity index (χ4v) is 1.93. The zero-order chi connectivity index (χ0) is 14.2. The summed E-state index contributed by atoms with van der Waals surface area (Å²) in [5.74, 6) is -0.617. The Morgan fingerprint density at radius 1 is 1.37 bits per heavy atom. The first kappa shape index (κ1) is 12.9. The van der Waals surface area contributed by atoms with Crippen molar-refractivity contribution in [3.63, 3.8) is 0 Å². The Bertz CT molecular complexity index is 672. The van der Waals surface area contributed by atoms with Crippen molar-refractivity contribution in [2.24, 2.45) is 0 Å². The average Bonchev–Trinajstić information content (AvgIpc) is 2.74. The number of hydrogen-bond donors (Lipinski definition) is 0. The molecule has 2 aromatic rings. The zero-order valence-corrected chi connectivity index (χ0v) is 10.6. The minimum Gasteiger partial charge on any atom is -0.490 e. The first-order valence-electron chi connectivity index (χ1n) is 5.34. The van der Waals surface area contributed by atoms with Gasteiger partial charge in [-0.15, -0.1) is 0 Å². The van der Waals surface area contributed by atoms with Gasteiger partial charge in [0.25, 0.3) is 0 Å². The Morgan fingerprint density at radius 3 is 2.58 bits per heavy atom. The van der Waals surface area contributed by atoms with E-state index in [4.69, 9.17) is 9.15 Å². The van der Waals surface area contributed by atoms with Crippen LogP contribution in [0, 0.1) is 17.0 Å². The van der Waals surface area contributed by atoms with Crippen LogP contribution in [0.3, 0.4) is 0 Å². The molecule has 0 aliphatic carbocycles. The molecule has 0 radical (unpaired) electrons. The normalized spacial score (nSPS) is 10.5. The van der Waals surface area contributed by atoms with Gasteiger partial charge in [0.2, 0.25) is 5.76 Å². The number of esters is 1. The molecule has 0 N–H and O–H groups in total. The number of fused-ring (bicyclic) bond motifs is 1. The van der Waals surface area contributed by atoms with Gasteiger partial charge in [-0.3, -0.25) is 10.1 Å². The van der Waals surface area contributed by atoms with Gasteiger partial charge in [0.05, 0.1) is 19.1 Å². The molecule has 0 amide bonds. The van der Waals surface area contributed by atoms with Gasteiger partial charge < -0.3 is 13.9 Å². The van der Waals surface area contributed by atoms with Gasteiger partial charge in [-0.25, -0.2) is 4.79 Å². The average molecular weight is 265 g/mol. The fraction of sp³-hybridized carbons (Fsp3) is 0.250. The summed E-state index contributed by atoms with van der Waals surface area (Å²) in [6, 6.07) is 2.94. The summed E-state index contributed by atoms with van der Waals surface area (Å²) in [6.07, 6.45) is 0. The lowest BCUT2D eigenvalue weighted by Crippen LogP contribution is -2.01. The highest BCUT2D eigenvalue weighted by Crippen LogP contribution is 2.39. The molecule has 100 valence electrons. The molecule has 0 saturated heterocycles. The van der Waals surface area contributed by atoms with Crippen LogP contribution in [0.1, 0.15) is 16.1 Å². The molecule has 0 unspecified atom stereocenters. The lowest BCUT2D eigenvalue weighted by atomic mass is 10.1. The molecule has 0 aliphatic rings. The quantitative estimate of drug-likeness (QED) is 0.480. The summed E-state index contributed by atoms with van der Waals surface area (Å²) in [4.78, 5) is 22.1. The van der Waals surface area contributed by atoms with Gasteiger partial charge in [-0.05, 0) is 19.1 Å². The van der Waals surface area contributed by atoms with Crippen LogP contribution in [0.2, 0.25) is 0 Å². The molecule has 7 heteroatoms. The number of nitrogens with zero attached hydrogens (tertiary/aromatic N) is 1. The summed E-state index contributed by atoms with van der Waals surface area (Å²) in [5, 5.41) is 11.4. The summed E-state index contributed by atoms with van der Waals surface area (Å²) >= 11 is 0. The lowest BCUT2D eigenvalue weighted by molar-refractivity contribution is -0.384. The predicted octanol–water partition coefficient (Wildman–Crippen LogP) is 2.44. The Balaban J connectivity index is 2.85. The molecule has 0 bridgehead atoms. The van der Waals surface area contributed by atoms with Gasteiger partial charge >= 0.3 is 11.7 Å². The third kappa shape index (κ3) is 1.88. The first-order chi connectivity index (χ1) is 9.01. The standard InChI is InChI=1S/C12H11NO6/c1-6-9-7(19-11(6)12(14)18-3)4-5-8(17-2)10(9)13(15)16/h4-5H,1-3H3. The Labute approximate surface area is 107 Å². The molecule has 0 saturated carbocycles. The maximum absolute atomic E-state index is 11.5. The Kier molecular flexibility index (Phi) is 3.12. The largest absolute Gasteiger partial charge is 0.490 e. The predicted molar refractivity (Wildman–Crippen MR) is 65.5 cm³/mol. The molecule has 2 rings (SSSR count). The van der Waals surface area contributed by atoms with Crippen molar-refractivity contribution >= 4 is 22.6 Å². The molecule has 19 heavy (non-hydrogen) atoms. The van der Waals surface area contributed by atoms with Crippen LogP contribution >= 0.6 is 0 Å². The molecule has 1 aromatic heterocycles. The van der Waals surface area contributed by atoms with Gasteiger partial charge in [0, 0.05) is 5.56 Å². The van der Waals surface area contributed by atoms with Crippen LogP contribution in [0.15, 0.2) is 16.5 Å². The molecular formula is C12H11NO6. The van der Waals surface area contributed by atoms with Crippen molar-refractivity contribution in [3.05, 3.63) is 33.6 Å². The number of nitro benzene ring substituents is 1. The molecular weight excluding hydrogens is 254 g/mol. The van der Waals surface area contributed by atoms with Crippen LogP contribution < -0.4 is 4.74 Å². The number of rotatable bonds is 3. The monoisotopic (exact) mass is 265 g/mol. The van der Waals surface area contributed by atoms with Crippen molar-refractivity contribution in [1.82, 2.24) is 0 Å². The van der Waals surface area contributed by atoms with Gasteiger partial charge in [0.15, 0.2) is 5.75 Å². The number of carbonyl (C=O) groups is 1. The first-order valence-corrected chi connectivity index (χ1v) is 5.34. The lowest BCUT2D eigenvalue weighted by Gasteiger charge is -2.01. The van der Waals surface area contributed by atoms with Crippen LogP contribution in [0.25, 0.3) is 11.0 Å². The molecule has 0 atom stereocenters. The van der Waals surface area contributed by atoms with E-state index in [0.29, 0.717) is 5.56 Å². The number of nitro groups is 1. The second kappa shape index (κ2) is 4.60. The van der Waals surface area contributed by atoms with E-state index in [2.05, 4.69) is 4.74 Å². The van der Waals surface area contributed by atoms with Crippen LogP contribution in [0.4, 0.5) is 5.69 Å². The van der Waals surface area contributed by atoms with Crippen molar-refractivity contribution in [2.45, 2.75) is 6.92 Å². The van der Waals surface area contributed by atoms with E-state index >= 15 is 0 Å². The number of ether oxygens (including phenoxy) is 2. The van der Waals surface area contributed by atoms with Gasteiger partial charge in [0.1, 0.15) is 11.0 Å². The minimum absolute atomic E-state index is 0.0474. The van der Waals surface area contributed by atoms with E-state index in [1.807, 2.05) is 0 Å². The third-order valence-electron chi connectivity index (χ3n) is 2.80. The summed E-state index contributed by atoms with van der Waals surface area (Å²) in [6.45, 7) is 1.56. The molecule has 1 aromatic carbocycles. The number of hydrogen-bond acceptors (Lipinski definition) is 6. The molecule has 1 heterocycles. The Hall–Kier alpha value is -2.57. The smallest absolute Gasteiger partial charge is 0.374 e. The van der Waals surface area contributed by atoms with E-state index in [-0.39, 0.29) is 28.2 Å². The Morgan fingerprint density at radius 2 is 2.05 bits per heavy atom. The second-order valence-corrected chi connectivity index (χ2v) is 3.79. The fourth-order valence-electron chi connectivity index (χ4n) is 1.93. The number of furan rings is 1.